The Morgan fingerprint density at radius 2 is 2.07 bits per heavy atom. The Labute approximate surface area is 76.4 Å². The Bertz CT molecular complexity index is 475. The Hall–Kier alpha value is -1.72. The van der Waals surface area contributed by atoms with Crippen molar-refractivity contribution in [2.24, 2.45) is 0 Å². The average Bonchev–Trinajstić information content (AvgIpc) is 2.41. The summed E-state index contributed by atoms with van der Waals surface area (Å²) in [6, 6.07) is 2.17. The molecule has 0 spiro atoms. The van der Waals surface area contributed by atoms with Gasteiger partial charge in [0.05, 0.1) is 11.8 Å². The van der Waals surface area contributed by atoms with E-state index in [4.69, 9.17) is 5.11 Å². The van der Waals surface area contributed by atoms with Crippen LogP contribution in [0.25, 0.3) is 5.65 Å². The highest BCUT2D eigenvalue weighted by Gasteiger charge is 2.33. The largest absolute Gasteiger partial charge is 0.492 e. The zero-order valence-corrected chi connectivity index (χ0v) is 6.78. The van der Waals surface area contributed by atoms with Gasteiger partial charge in [0.2, 0.25) is 5.88 Å². The van der Waals surface area contributed by atoms with Gasteiger partial charge in [-0.1, -0.05) is 0 Å². The van der Waals surface area contributed by atoms with Gasteiger partial charge >= 0.3 is 6.18 Å². The van der Waals surface area contributed by atoms with Crippen molar-refractivity contribution in [3.63, 3.8) is 0 Å². The van der Waals surface area contributed by atoms with Gasteiger partial charge in [0, 0.05) is 6.20 Å². The summed E-state index contributed by atoms with van der Waals surface area (Å²) in [7, 11) is 0. The van der Waals surface area contributed by atoms with E-state index >= 15 is 0 Å². The molecule has 3 nitrogen and oxygen atoms in total. The van der Waals surface area contributed by atoms with Gasteiger partial charge in [-0.05, 0) is 12.1 Å². The van der Waals surface area contributed by atoms with Crippen molar-refractivity contribution in [1.82, 2.24) is 9.38 Å². The fourth-order valence-electron chi connectivity index (χ4n) is 1.22. The van der Waals surface area contributed by atoms with Crippen LogP contribution in [-0.4, -0.2) is 14.5 Å². The number of pyridine rings is 1. The van der Waals surface area contributed by atoms with Crippen LogP contribution in [0.5, 0.6) is 5.88 Å². The molecule has 0 aliphatic heterocycles. The molecule has 6 heteroatoms. The number of halogens is 3. The van der Waals surface area contributed by atoms with Gasteiger partial charge < -0.3 is 9.51 Å². The van der Waals surface area contributed by atoms with E-state index in [1.165, 1.54) is 12.3 Å². The van der Waals surface area contributed by atoms with Gasteiger partial charge in [0.25, 0.3) is 0 Å². The normalized spacial score (nSPS) is 12.2. The minimum Gasteiger partial charge on any atom is -0.492 e. The van der Waals surface area contributed by atoms with Gasteiger partial charge in [0.1, 0.15) is 0 Å². The summed E-state index contributed by atoms with van der Waals surface area (Å²) < 4.78 is 38.3. The molecule has 0 atom stereocenters. The third-order valence-corrected chi connectivity index (χ3v) is 1.78. The van der Waals surface area contributed by atoms with Crippen LogP contribution >= 0.6 is 0 Å². The maximum absolute atomic E-state index is 12.4. The highest BCUT2D eigenvalue weighted by Crippen LogP contribution is 2.32. The van der Waals surface area contributed by atoms with Crippen LogP contribution in [0, 0.1) is 0 Å². The number of alkyl halides is 3. The van der Waals surface area contributed by atoms with Crippen LogP contribution in [0.15, 0.2) is 24.5 Å². The zero-order valence-electron chi connectivity index (χ0n) is 6.78. The molecule has 0 unspecified atom stereocenters. The molecule has 0 radical (unpaired) electrons. The molecule has 0 aromatic carbocycles. The maximum Gasteiger partial charge on any atom is 0.419 e. The van der Waals surface area contributed by atoms with Crippen molar-refractivity contribution in [1.29, 1.82) is 0 Å². The smallest absolute Gasteiger partial charge is 0.419 e. The molecular formula is C8H5F3N2O. The van der Waals surface area contributed by atoms with Crippen molar-refractivity contribution < 1.29 is 18.3 Å². The summed E-state index contributed by atoms with van der Waals surface area (Å²) in [6.45, 7) is 0. The van der Waals surface area contributed by atoms with E-state index in [1.54, 1.807) is 0 Å². The quantitative estimate of drug-likeness (QED) is 0.709. The van der Waals surface area contributed by atoms with Gasteiger partial charge in [-0.3, -0.25) is 0 Å². The van der Waals surface area contributed by atoms with Crippen LogP contribution in [0.4, 0.5) is 13.2 Å². The molecule has 0 bridgehead atoms. The number of hydrogen-bond acceptors (Lipinski definition) is 2. The highest BCUT2D eigenvalue weighted by molar-refractivity contribution is 5.51. The van der Waals surface area contributed by atoms with Gasteiger partial charge in [0.15, 0.2) is 5.65 Å². The second-order valence-electron chi connectivity index (χ2n) is 2.75. The molecule has 2 heterocycles. The summed E-state index contributed by atoms with van der Waals surface area (Å²) in [5.74, 6) is -0.429. The standard InChI is InChI=1S/C8H5F3N2O/c9-8(10,11)5-2-1-3-13-4-6(14)12-7(5)13/h1-4,14H. The monoisotopic (exact) mass is 202 g/mol. The van der Waals surface area contributed by atoms with E-state index in [1.807, 2.05) is 0 Å². The number of imidazole rings is 1. The molecule has 0 saturated carbocycles. The molecule has 2 rings (SSSR count). The third kappa shape index (κ3) is 1.28. The molecule has 14 heavy (non-hydrogen) atoms. The van der Waals surface area contributed by atoms with Crippen LogP contribution in [-0.2, 0) is 6.18 Å². The van der Waals surface area contributed by atoms with Gasteiger partial charge in [-0.2, -0.15) is 18.2 Å². The topological polar surface area (TPSA) is 37.5 Å². The summed E-state index contributed by atoms with van der Waals surface area (Å²) in [4.78, 5) is 3.38. The van der Waals surface area contributed by atoms with Crippen molar-refractivity contribution in [2.45, 2.75) is 6.18 Å². The fourth-order valence-corrected chi connectivity index (χ4v) is 1.22. The van der Waals surface area contributed by atoms with Crippen molar-refractivity contribution in [2.75, 3.05) is 0 Å². The van der Waals surface area contributed by atoms with Gasteiger partial charge in [-0.25, -0.2) is 0 Å². The molecule has 1 N–H and O–H groups in total. The molecule has 0 saturated heterocycles. The van der Waals surface area contributed by atoms with Crippen LogP contribution in [0.1, 0.15) is 5.56 Å². The lowest BCUT2D eigenvalue weighted by Gasteiger charge is -2.06. The lowest BCUT2D eigenvalue weighted by atomic mass is 10.2. The lowest BCUT2D eigenvalue weighted by Crippen LogP contribution is -2.07. The Morgan fingerprint density at radius 1 is 1.36 bits per heavy atom. The first-order valence-corrected chi connectivity index (χ1v) is 3.72. The predicted molar refractivity (Wildman–Crippen MR) is 41.9 cm³/mol. The number of rotatable bonds is 0. The molecule has 0 aliphatic carbocycles. The fraction of sp³-hybridized carbons (Fsp3) is 0.125. The van der Waals surface area contributed by atoms with Crippen molar-refractivity contribution in [3.05, 3.63) is 30.1 Å². The predicted octanol–water partition coefficient (Wildman–Crippen LogP) is 2.06. The van der Waals surface area contributed by atoms with E-state index in [0.29, 0.717) is 0 Å². The first-order chi connectivity index (χ1) is 6.48. The van der Waals surface area contributed by atoms with Crippen LogP contribution in [0.2, 0.25) is 0 Å². The molecular weight excluding hydrogens is 197 g/mol. The Kier molecular flexibility index (Phi) is 1.67. The average molecular weight is 202 g/mol. The minimum absolute atomic E-state index is 0.294. The minimum atomic E-state index is -4.46. The second-order valence-corrected chi connectivity index (χ2v) is 2.75. The first kappa shape index (κ1) is 8.86. The molecule has 74 valence electrons. The van der Waals surface area contributed by atoms with E-state index in [0.717, 1.165) is 16.7 Å². The van der Waals surface area contributed by atoms with Crippen LogP contribution < -0.4 is 0 Å². The Morgan fingerprint density at radius 3 is 2.71 bits per heavy atom. The zero-order chi connectivity index (χ0) is 10.3. The van der Waals surface area contributed by atoms with E-state index in [9.17, 15) is 13.2 Å². The number of aromatic hydroxyl groups is 1. The summed E-state index contributed by atoms with van der Waals surface area (Å²) >= 11 is 0. The molecule has 2 aromatic heterocycles. The van der Waals surface area contributed by atoms with Crippen LogP contribution in [0.3, 0.4) is 0 Å². The van der Waals surface area contributed by atoms with E-state index < -0.39 is 17.6 Å². The summed E-state index contributed by atoms with van der Waals surface area (Å²) in [5.41, 5.74) is -1.15. The number of aromatic nitrogens is 2. The first-order valence-electron chi connectivity index (χ1n) is 3.72. The van der Waals surface area contributed by atoms with Crippen molar-refractivity contribution >= 4 is 5.65 Å². The number of hydrogen-bond donors (Lipinski definition) is 1. The maximum atomic E-state index is 12.4. The second kappa shape index (κ2) is 2.63. The number of fused-ring (bicyclic) bond motifs is 1. The van der Waals surface area contributed by atoms with E-state index in [-0.39, 0.29) is 5.65 Å². The van der Waals surface area contributed by atoms with Gasteiger partial charge in [-0.15, -0.1) is 0 Å². The molecule has 0 amide bonds. The molecule has 2 aromatic rings. The SMILES string of the molecule is Oc1cn2cccc(C(F)(F)F)c2n1. The third-order valence-electron chi connectivity index (χ3n) is 1.78. The highest BCUT2D eigenvalue weighted by atomic mass is 19.4. The van der Waals surface area contributed by atoms with Crippen molar-refractivity contribution in [3.8, 4) is 5.88 Å². The lowest BCUT2D eigenvalue weighted by molar-refractivity contribution is -0.136. The summed E-state index contributed by atoms with van der Waals surface area (Å²) in [6.07, 6.45) is -1.96. The number of nitrogens with zero attached hydrogens (tertiary/aromatic N) is 2. The van der Waals surface area contributed by atoms with E-state index in [2.05, 4.69) is 4.98 Å². The molecule has 0 aliphatic rings. The summed E-state index contributed by atoms with van der Waals surface area (Å²) in [5, 5.41) is 8.95. The Balaban J connectivity index is 2.77. The molecule has 0 fully saturated rings.